The van der Waals surface area contributed by atoms with Gasteiger partial charge < -0.3 is 11.1 Å². The Bertz CT molecular complexity index is 251. The van der Waals surface area contributed by atoms with Crippen LogP contribution in [0, 0.1) is 5.92 Å². The quantitative estimate of drug-likeness (QED) is 0.688. The van der Waals surface area contributed by atoms with Crippen molar-refractivity contribution in [1.29, 1.82) is 0 Å². The number of likely N-dealkylation sites (N-methyl/N-ethyl adjacent to an activating group) is 1. The van der Waals surface area contributed by atoms with E-state index in [0.29, 0.717) is 13.0 Å². The summed E-state index contributed by atoms with van der Waals surface area (Å²) in [7, 11) is 0. The van der Waals surface area contributed by atoms with Crippen molar-refractivity contribution in [3.05, 3.63) is 0 Å². The van der Waals surface area contributed by atoms with Crippen LogP contribution >= 0.6 is 0 Å². The van der Waals surface area contributed by atoms with Crippen molar-refractivity contribution in [2.45, 2.75) is 58.5 Å². The minimum Gasteiger partial charge on any atom is -0.354 e. The molecule has 0 saturated heterocycles. The van der Waals surface area contributed by atoms with E-state index in [9.17, 15) is 4.79 Å². The maximum absolute atomic E-state index is 11.8. The van der Waals surface area contributed by atoms with Crippen LogP contribution in [-0.4, -0.2) is 42.5 Å². The van der Waals surface area contributed by atoms with Crippen molar-refractivity contribution in [1.82, 2.24) is 10.2 Å². The molecule has 4 heteroatoms. The van der Waals surface area contributed by atoms with Gasteiger partial charge in [-0.2, -0.15) is 0 Å². The lowest BCUT2D eigenvalue weighted by molar-refractivity contribution is -0.122. The second kappa shape index (κ2) is 7.74. The molecule has 0 spiro atoms. The predicted molar refractivity (Wildman–Crippen MR) is 75.3 cm³/mol. The average molecular weight is 255 g/mol. The van der Waals surface area contributed by atoms with Crippen LogP contribution in [0.25, 0.3) is 0 Å². The molecule has 0 radical (unpaired) electrons. The molecule has 1 unspecified atom stereocenters. The molecule has 4 nitrogen and oxygen atoms in total. The maximum Gasteiger partial charge on any atom is 0.221 e. The van der Waals surface area contributed by atoms with Crippen molar-refractivity contribution < 1.29 is 4.79 Å². The minimum absolute atomic E-state index is 0.118. The van der Waals surface area contributed by atoms with E-state index in [1.165, 1.54) is 19.3 Å². The molecule has 0 aromatic rings. The van der Waals surface area contributed by atoms with Gasteiger partial charge in [-0.15, -0.1) is 0 Å². The highest BCUT2D eigenvalue weighted by Gasteiger charge is 2.25. The highest BCUT2D eigenvalue weighted by molar-refractivity contribution is 5.76. The Kier molecular flexibility index (Phi) is 6.65. The van der Waals surface area contributed by atoms with E-state index >= 15 is 0 Å². The third-order valence-electron chi connectivity index (χ3n) is 3.78. The summed E-state index contributed by atoms with van der Waals surface area (Å²) in [5.74, 6) is 0.944. The lowest BCUT2D eigenvalue weighted by atomic mass is 9.84. The zero-order valence-electron chi connectivity index (χ0n) is 12.1. The molecule has 0 heterocycles. The van der Waals surface area contributed by atoms with Crippen LogP contribution in [0.2, 0.25) is 0 Å². The second-order valence-electron chi connectivity index (χ2n) is 5.70. The van der Waals surface area contributed by atoms with Crippen LogP contribution < -0.4 is 11.1 Å². The molecule has 1 fully saturated rings. The zero-order chi connectivity index (χ0) is 13.5. The summed E-state index contributed by atoms with van der Waals surface area (Å²) in [5.41, 5.74) is 5.84. The summed E-state index contributed by atoms with van der Waals surface area (Å²) in [4.78, 5) is 14.2. The first-order valence-corrected chi connectivity index (χ1v) is 7.30. The minimum atomic E-state index is 0.118. The van der Waals surface area contributed by atoms with Crippen LogP contribution in [0.15, 0.2) is 0 Å². The van der Waals surface area contributed by atoms with Gasteiger partial charge in [-0.3, -0.25) is 9.69 Å². The fourth-order valence-electron chi connectivity index (χ4n) is 2.50. The third-order valence-corrected chi connectivity index (χ3v) is 3.78. The normalized spacial score (nSPS) is 17.9. The standard InChI is InChI=1S/C14H29N3O/c1-4-17(10-12-6-5-7-12)13(9-15)8-14(18)16-11(2)3/h11-13H,4-10,15H2,1-3H3,(H,16,18). The number of hydrogen-bond acceptors (Lipinski definition) is 3. The topological polar surface area (TPSA) is 58.4 Å². The van der Waals surface area contributed by atoms with Crippen molar-refractivity contribution in [3.63, 3.8) is 0 Å². The molecule has 0 aromatic heterocycles. The Hall–Kier alpha value is -0.610. The van der Waals surface area contributed by atoms with E-state index < -0.39 is 0 Å². The Labute approximate surface area is 111 Å². The fourth-order valence-corrected chi connectivity index (χ4v) is 2.50. The van der Waals surface area contributed by atoms with Crippen molar-refractivity contribution in [2.75, 3.05) is 19.6 Å². The average Bonchev–Trinajstić information content (AvgIpc) is 2.24. The first-order chi connectivity index (χ1) is 8.56. The van der Waals surface area contributed by atoms with Gasteiger partial charge in [0.1, 0.15) is 0 Å². The Morgan fingerprint density at radius 2 is 2.11 bits per heavy atom. The van der Waals surface area contributed by atoms with E-state index in [0.717, 1.165) is 19.0 Å². The molecule has 1 aliphatic carbocycles. The molecule has 0 bridgehead atoms. The number of carbonyl (C=O) groups is 1. The second-order valence-corrected chi connectivity index (χ2v) is 5.70. The molecule has 1 rings (SSSR count). The number of nitrogens with one attached hydrogen (secondary N) is 1. The van der Waals surface area contributed by atoms with Gasteiger partial charge in [0.2, 0.25) is 5.91 Å². The van der Waals surface area contributed by atoms with Crippen molar-refractivity contribution >= 4 is 5.91 Å². The molecule has 1 aliphatic rings. The van der Waals surface area contributed by atoms with Crippen LogP contribution in [0.1, 0.15) is 46.5 Å². The number of carbonyl (C=O) groups excluding carboxylic acids is 1. The fraction of sp³-hybridized carbons (Fsp3) is 0.929. The summed E-state index contributed by atoms with van der Waals surface area (Å²) >= 11 is 0. The number of amides is 1. The van der Waals surface area contributed by atoms with Crippen LogP contribution in [-0.2, 0) is 4.79 Å². The summed E-state index contributed by atoms with van der Waals surface area (Å²) < 4.78 is 0. The SMILES string of the molecule is CCN(CC1CCC1)C(CN)CC(=O)NC(C)C. The lowest BCUT2D eigenvalue weighted by Crippen LogP contribution is -2.47. The van der Waals surface area contributed by atoms with Gasteiger partial charge in [-0.1, -0.05) is 13.3 Å². The molecule has 3 N–H and O–H groups in total. The Morgan fingerprint density at radius 3 is 2.50 bits per heavy atom. The summed E-state index contributed by atoms with van der Waals surface area (Å²) in [6.45, 7) is 8.77. The number of nitrogens with zero attached hydrogens (tertiary/aromatic N) is 1. The maximum atomic E-state index is 11.8. The smallest absolute Gasteiger partial charge is 0.221 e. The number of rotatable bonds is 8. The molecule has 1 amide bonds. The first-order valence-electron chi connectivity index (χ1n) is 7.30. The van der Waals surface area contributed by atoms with Crippen molar-refractivity contribution in [3.8, 4) is 0 Å². The van der Waals surface area contributed by atoms with E-state index in [2.05, 4.69) is 17.1 Å². The molecular weight excluding hydrogens is 226 g/mol. The molecule has 0 aromatic carbocycles. The van der Waals surface area contributed by atoms with E-state index in [-0.39, 0.29) is 18.0 Å². The van der Waals surface area contributed by atoms with E-state index in [1.807, 2.05) is 13.8 Å². The highest BCUT2D eigenvalue weighted by Crippen LogP contribution is 2.27. The van der Waals surface area contributed by atoms with Gasteiger partial charge in [0, 0.05) is 31.6 Å². The molecule has 1 saturated carbocycles. The molecule has 18 heavy (non-hydrogen) atoms. The van der Waals surface area contributed by atoms with Gasteiger partial charge in [0.25, 0.3) is 0 Å². The summed E-state index contributed by atoms with van der Waals surface area (Å²) in [6, 6.07) is 0.395. The largest absolute Gasteiger partial charge is 0.354 e. The first kappa shape index (κ1) is 15.4. The zero-order valence-corrected chi connectivity index (χ0v) is 12.1. The Morgan fingerprint density at radius 1 is 1.44 bits per heavy atom. The number of hydrogen-bond donors (Lipinski definition) is 2. The molecule has 1 atom stereocenters. The summed E-state index contributed by atoms with van der Waals surface area (Å²) in [5, 5.41) is 2.95. The van der Waals surface area contributed by atoms with E-state index in [4.69, 9.17) is 5.73 Å². The third kappa shape index (κ3) is 4.94. The van der Waals surface area contributed by atoms with Crippen LogP contribution in [0.4, 0.5) is 0 Å². The van der Waals surface area contributed by atoms with Gasteiger partial charge in [0.15, 0.2) is 0 Å². The number of nitrogens with two attached hydrogens (primary N) is 1. The Balaban J connectivity index is 2.42. The highest BCUT2D eigenvalue weighted by atomic mass is 16.1. The monoisotopic (exact) mass is 255 g/mol. The lowest BCUT2D eigenvalue weighted by Gasteiger charge is -2.36. The summed E-state index contributed by atoms with van der Waals surface area (Å²) in [6.07, 6.45) is 4.57. The molecule has 106 valence electrons. The van der Waals surface area contributed by atoms with E-state index in [1.54, 1.807) is 0 Å². The predicted octanol–water partition coefficient (Wildman–Crippen LogP) is 1.35. The van der Waals surface area contributed by atoms with Gasteiger partial charge >= 0.3 is 0 Å². The van der Waals surface area contributed by atoms with Crippen LogP contribution in [0.5, 0.6) is 0 Å². The van der Waals surface area contributed by atoms with Crippen molar-refractivity contribution in [2.24, 2.45) is 11.7 Å². The van der Waals surface area contributed by atoms with Gasteiger partial charge in [0.05, 0.1) is 0 Å². The van der Waals surface area contributed by atoms with Gasteiger partial charge in [-0.05, 0) is 39.2 Å². The van der Waals surface area contributed by atoms with Gasteiger partial charge in [-0.25, -0.2) is 0 Å². The molecular formula is C14H29N3O. The van der Waals surface area contributed by atoms with Crippen LogP contribution in [0.3, 0.4) is 0 Å². The molecule has 0 aliphatic heterocycles.